The van der Waals surface area contributed by atoms with Crippen molar-refractivity contribution in [2.45, 2.75) is 39.5 Å². The molecule has 2 nitrogen and oxygen atoms in total. The first-order valence-electron chi connectivity index (χ1n) is 17.9. The summed E-state index contributed by atoms with van der Waals surface area (Å²) in [5, 5.41) is 2.58. The van der Waals surface area contributed by atoms with Gasteiger partial charge in [-0.1, -0.05) is 108 Å². The van der Waals surface area contributed by atoms with Gasteiger partial charge in [0.2, 0.25) is 0 Å². The summed E-state index contributed by atoms with van der Waals surface area (Å²) in [7, 11) is 4.26. The second-order valence-corrected chi connectivity index (χ2v) is 14.1. The maximum atomic E-state index is 2.35. The van der Waals surface area contributed by atoms with E-state index in [1.54, 1.807) is 0 Å². The number of benzene rings is 7. The van der Waals surface area contributed by atoms with Crippen molar-refractivity contribution in [2.24, 2.45) is 0 Å². The van der Waals surface area contributed by atoms with Gasteiger partial charge in [0.1, 0.15) is 0 Å². The molecule has 7 aromatic rings. The van der Waals surface area contributed by atoms with Crippen molar-refractivity contribution in [3.05, 3.63) is 179 Å². The lowest BCUT2D eigenvalue weighted by Gasteiger charge is -2.22. The molecule has 50 heavy (non-hydrogen) atoms. The molecule has 0 amide bonds. The van der Waals surface area contributed by atoms with E-state index in [2.05, 4.69) is 183 Å². The first-order chi connectivity index (χ1) is 24.4. The Morgan fingerprint density at radius 2 is 0.800 bits per heavy atom. The predicted octanol–water partition coefficient (Wildman–Crippen LogP) is 12.2. The Hall–Kier alpha value is -5.60. The monoisotopic (exact) mass is 648 g/mol. The van der Waals surface area contributed by atoms with Crippen LogP contribution in [0.25, 0.3) is 33.0 Å². The number of hydrogen-bond donors (Lipinski definition) is 0. The van der Waals surface area contributed by atoms with Crippen LogP contribution < -0.4 is 9.80 Å². The highest BCUT2D eigenvalue weighted by Gasteiger charge is 2.15. The average Bonchev–Trinajstić information content (AvgIpc) is 3.12. The standard InChI is InChI=1S/C26H23N.C22H21N/c1-18-3-4-24-17-26(14-11-21(24)15-18)27(2)25-12-9-20(10-13-25)23-8-6-19-5-7-22(19)16-23;1-16-6-12-21(13-7-16)23(2)22-5-3-4-18(15-22)20-11-9-17-8-10-19(17)14-20/h3-4,6,8-17H,5,7H2,1-2H3;3-7,9,11-15H,8,10H2,1-2H3. The third-order valence-electron chi connectivity index (χ3n) is 10.7. The van der Waals surface area contributed by atoms with Crippen molar-refractivity contribution in [2.75, 3.05) is 23.9 Å². The van der Waals surface area contributed by atoms with E-state index in [0.717, 1.165) is 0 Å². The summed E-state index contributed by atoms with van der Waals surface area (Å²) in [6.07, 6.45) is 4.94. The minimum absolute atomic E-state index is 1.20. The normalized spacial score (nSPS) is 12.5. The highest BCUT2D eigenvalue weighted by atomic mass is 15.1. The van der Waals surface area contributed by atoms with Crippen molar-refractivity contribution < 1.29 is 0 Å². The van der Waals surface area contributed by atoms with E-state index in [0.29, 0.717) is 0 Å². The zero-order valence-corrected chi connectivity index (χ0v) is 29.6. The Bertz CT molecular complexity index is 2310. The van der Waals surface area contributed by atoms with Gasteiger partial charge in [-0.15, -0.1) is 0 Å². The first-order valence-corrected chi connectivity index (χ1v) is 17.9. The number of rotatable bonds is 6. The van der Waals surface area contributed by atoms with Crippen molar-refractivity contribution >= 4 is 33.5 Å². The Morgan fingerprint density at radius 1 is 0.340 bits per heavy atom. The number of aryl methyl sites for hydroxylation is 6. The summed E-state index contributed by atoms with van der Waals surface area (Å²) in [6.45, 7) is 4.26. The molecule has 0 N–H and O–H groups in total. The highest BCUT2D eigenvalue weighted by Crippen LogP contribution is 2.34. The molecule has 7 aromatic carbocycles. The first kappa shape index (κ1) is 31.7. The molecular formula is C48H44N2. The highest BCUT2D eigenvalue weighted by molar-refractivity contribution is 5.87. The van der Waals surface area contributed by atoms with Crippen molar-refractivity contribution in [3.63, 3.8) is 0 Å². The molecule has 0 saturated carbocycles. The van der Waals surface area contributed by atoms with Crippen LogP contribution in [0, 0.1) is 13.8 Å². The molecular weight excluding hydrogens is 605 g/mol. The van der Waals surface area contributed by atoms with Gasteiger partial charge in [-0.05, 0) is 143 Å². The largest absolute Gasteiger partial charge is 0.345 e. The number of fused-ring (bicyclic) bond motifs is 3. The lowest BCUT2D eigenvalue weighted by molar-refractivity contribution is 0.840. The fraction of sp³-hybridized carbons (Fsp3) is 0.167. The van der Waals surface area contributed by atoms with E-state index >= 15 is 0 Å². The van der Waals surface area contributed by atoms with Gasteiger partial charge in [0.05, 0.1) is 0 Å². The Morgan fingerprint density at radius 3 is 1.40 bits per heavy atom. The summed E-state index contributed by atoms with van der Waals surface area (Å²) in [6, 6.07) is 53.4. The second kappa shape index (κ2) is 13.4. The van der Waals surface area contributed by atoms with E-state index in [1.807, 2.05) is 0 Å². The zero-order chi connectivity index (χ0) is 34.2. The van der Waals surface area contributed by atoms with Gasteiger partial charge in [0.15, 0.2) is 0 Å². The molecule has 0 spiro atoms. The quantitative estimate of drug-likeness (QED) is 0.177. The van der Waals surface area contributed by atoms with Gasteiger partial charge in [0, 0.05) is 36.8 Å². The van der Waals surface area contributed by atoms with Gasteiger partial charge < -0.3 is 9.80 Å². The van der Waals surface area contributed by atoms with Crippen LogP contribution in [0.3, 0.4) is 0 Å². The molecule has 0 aliphatic heterocycles. The summed E-state index contributed by atoms with van der Waals surface area (Å²) >= 11 is 0. The molecule has 2 aliphatic carbocycles. The van der Waals surface area contributed by atoms with Crippen LogP contribution in [0.5, 0.6) is 0 Å². The minimum atomic E-state index is 1.20. The maximum Gasteiger partial charge on any atom is 0.0414 e. The van der Waals surface area contributed by atoms with Gasteiger partial charge in [-0.25, -0.2) is 0 Å². The smallest absolute Gasteiger partial charge is 0.0414 e. The van der Waals surface area contributed by atoms with Crippen molar-refractivity contribution in [1.29, 1.82) is 0 Å². The fourth-order valence-electron chi connectivity index (χ4n) is 7.15. The van der Waals surface area contributed by atoms with Crippen molar-refractivity contribution in [1.82, 2.24) is 0 Å². The van der Waals surface area contributed by atoms with E-state index in [4.69, 9.17) is 0 Å². The number of hydrogen-bond acceptors (Lipinski definition) is 2. The summed E-state index contributed by atoms with van der Waals surface area (Å²) in [5.74, 6) is 0. The molecule has 246 valence electrons. The third-order valence-corrected chi connectivity index (χ3v) is 10.7. The lowest BCUT2D eigenvalue weighted by atomic mass is 9.86. The molecule has 9 rings (SSSR count). The van der Waals surface area contributed by atoms with E-state index in [-0.39, 0.29) is 0 Å². The molecule has 0 aromatic heterocycles. The molecule has 0 radical (unpaired) electrons. The fourth-order valence-corrected chi connectivity index (χ4v) is 7.15. The van der Waals surface area contributed by atoms with Crippen molar-refractivity contribution in [3.8, 4) is 22.3 Å². The Kier molecular flexibility index (Phi) is 8.46. The van der Waals surface area contributed by atoms with Gasteiger partial charge in [0.25, 0.3) is 0 Å². The van der Waals surface area contributed by atoms with Gasteiger partial charge in [-0.2, -0.15) is 0 Å². The topological polar surface area (TPSA) is 6.48 Å². The van der Waals surface area contributed by atoms with Crippen LogP contribution in [0.4, 0.5) is 22.7 Å². The molecule has 2 heteroatoms. The van der Waals surface area contributed by atoms with Crippen LogP contribution in [0.1, 0.15) is 33.4 Å². The average molecular weight is 649 g/mol. The molecule has 0 atom stereocenters. The Labute approximate surface area is 297 Å². The summed E-state index contributed by atoms with van der Waals surface area (Å²) < 4.78 is 0. The minimum Gasteiger partial charge on any atom is -0.345 e. The molecule has 0 unspecified atom stereocenters. The summed E-state index contributed by atoms with van der Waals surface area (Å²) in [5.41, 5.74) is 18.7. The SMILES string of the molecule is Cc1ccc(N(C)c2cccc(-c3ccc4c(c3)CC4)c2)cc1.Cc1ccc2cc(N(C)c3ccc(-c4ccc5c(c4)CC5)cc3)ccc2c1. The number of anilines is 4. The molecule has 0 fully saturated rings. The van der Waals surface area contributed by atoms with E-state index < -0.39 is 0 Å². The lowest BCUT2D eigenvalue weighted by Crippen LogP contribution is -2.09. The van der Waals surface area contributed by atoms with Crippen LogP contribution in [0.2, 0.25) is 0 Å². The molecule has 2 aliphatic rings. The van der Waals surface area contributed by atoms with Crippen LogP contribution in [-0.4, -0.2) is 14.1 Å². The Balaban J connectivity index is 0.000000146. The number of nitrogens with zero attached hydrogens (tertiary/aromatic N) is 2. The van der Waals surface area contributed by atoms with Gasteiger partial charge >= 0.3 is 0 Å². The van der Waals surface area contributed by atoms with E-state index in [1.165, 1.54) is 115 Å². The van der Waals surface area contributed by atoms with Gasteiger partial charge in [-0.3, -0.25) is 0 Å². The maximum absolute atomic E-state index is 2.35. The predicted molar refractivity (Wildman–Crippen MR) is 215 cm³/mol. The molecule has 0 saturated heterocycles. The van der Waals surface area contributed by atoms with Crippen LogP contribution in [-0.2, 0) is 25.7 Å². The molecule has 0 bridgehead atoms. The van der Waals surface area contributed by atoms with Crippen LogP contribution >= 0.6 is 0 Å². The van der Waals surface area contributed by atoms with Crippen LogP contribution in [0.15, 0.2) is 146 Å². The molecule has 0 heterocycles. The second-order valence-electron chi connectivity index (χ2n) is 14.1. The van der Waals surface area contributed by atoms with E-state index in [9.17, 15) is 0 Å². The zero-order valence-electron chi connectivity index (χ0n) is 29.6. The summed E-state index contributed by atoms with van der Waals surface area (Å²) in [4.78, 5) is 4.49. The third kappa shape index (κ3) is 6.42.